The van der Waals surface area contributed by atoms with Crippen molar-refractivity contribution in [1.29, 1.82) is 0 Å². The summed E-state index contributed by atoms with van der Waals surface area (Å²) in [5.74, 6) is -2.24. The van der Waals surface area contributed by atoms with E-state index in [9.17, 15) is 22.4 Å². The third kappa shape index (κ3) is 4.46. The summed E-state index contributed by atoms with van der Waals surface area (Å²) in [4.78, 5) is 23.1. The van der Waals surface area contributed by atoms with Crippen LogP contribution in [0.15, 0.2) is 53.4 Å². The quantitative estimate of drug-likeness (QED) is 0.672. The van der Waals surface area contributed by atoms with Gasteiger partial charge in [0.25, 0.3) is 0 Å². The van der Waals surface area contributed by atoms with Crippen molar-refractivity contribution >= 4 is 27.2 Å². The second-order valence-electron chi connectivity index (χ2n) is 4.90. The van der Waals surface area contributed by atoms with Gasteiger partial charge in [0.05, 0.1) is 4.90 Å². The highest BCUT2D eigenvalue weighted by Gasteiger charge is 2.19. The molecule has 0 saturated carbocycles. The Labute approximate surface area is 133 Å². The van der Waals surface area contributed by atoms with Crippen LogP contribution in [0, 0.1) is 5.82 Å². The van der Waals surface area contributed by atoms with Gasteiger partial charge in [-0.15, -0.1) is 0 Å². The van der Waals surface area contributed by atoms with Gasteiger partial charge in [-0.25, -0.2) is 12.8 Å². The van der Waals surface area contributed by atoms with Crippen molar-refractivity contribution in [1.82, 2.24) is 0 Å². The van der Waals surface area contributed by atoms with Crippen LogP contribution in [0.3, 0.4) is 0 Å². The van der Waals surface area contributed by atoms with Crippen molar-refractivity contribution in [3.8, 4) is 0 Å². The predicted molar refractivity (Wildman–Crippen MR) is 83.5 cm³/mol. The van der Waals surface area contributed by atoms with Crippen molar-refractivity contribution in [3.63, 3.8) is 0 Å². The third-order valence-electron chi connectivity index (χ3n) is 3.05. The lowest BCUT2D eigenvalue weighted by molar-refractivity contribution is -0.113. The minimum absolute atomic E-state index is 0.133. The van der Waals surface area contributed by atoms with E-state index in [2.05, 4.69) is 5.32 Å². The van der Waals surface area contributed by atoms with Crippen molar-refractivity contribution < 1.29 is 22.4 Å². The first-order valence-corrected chi connectivity index (χ1v) is 8.32. The Morgan fingerprint density at radius 1 is 1.09 bits per heavy atom. The maximum Gasteiger partial charge on any atom is 0.239 e. The summed E-state index contributed by atoms with van der Waals surface area (Å²) in [6.45, 7) is 1.39. The van der Waals surface area contributed by atoms with Crippen molar-refractivity contribution in [2.45, 2.75) is 11.8 Å². The molecule has 7 heteroatoms. The molecule has 120 valence electrons. The first-order valence-electron chi connectivity index (χ1n) is 6.67. The molecule has 0 heterocycles. The standard InChI is InChI=1S/C16H14FNO4S/c1-11(19)12-3-2-4-14(9-12)18-16(20)10-23(21,22)15-7-5-13(17)6-8-15/h2-9H,10H2,1H3,(H,18,20). The zero-order valence-corrected chi connectivity index (χ0v) is 13.1. The van der Waals surface area contributed by atoms with Crippen LogP contribution in [-0.4, -0.2) is 25.9 Å². The van der Waals surface area contributed by atoms with Crippen LogP contribution in [-0.2, 0) is 14.6 Å². The molecule has 0 aliphatic heterocycles. The minimum atomic E-state index is -3.87. The molecule has 0 aliphatic carbocycles. The lowest BCUT2D eigenvalue weighted by Crippen LogP contribution is -2.23. The molecule has 0 bridgehead atoms. The van der Waals surface area contributed by atoms with Crippen molar-refractivity contribution in [2.24, 2.45) is 0 Å². The van der Waals surface area contributed by atoms with E-state index in [1.165, 1.54) is 13.0 Å². The summed E-state index contributed by atoms with van der Waals surface area (Å²) in [6, 6.07) is 10.4. The first kappa shape index (κ1) is 16.8. The third-order valence-corrected chi connectivity index (χ3v) is 4.68. The Bertz CT molecular complexity index is 845. The van der Waals surface area contributed by atoms with Crippen LogP contribution in [0.1, 0.15) is 17.3 Å². The average Bonchev–Trinajstić information content (AvgIpc) is 2.47. The fourth-order valence-corrected chi connectivity index (χ4v) is 3.05. The maximum absolute atomic E-state index is 12.8. The van der Waals surface area contributed by atoms with E-state index >= 15 is 0 Å². The molecule has 0 aliphatic rings. The molecule has 5 nitrogen and oxygen atoms in total. The van der Waals surface area contributed by atoms with Gasteiger partial charge in [-0.05, 0) is 43.3 Å². The summed E-state index contributed by atoms with van der Waals surface area (Å²) in [5, 5.41) is 2.43. The highest BCUT2D eigenvalue weighted by atomic mass is 32.2. The zero-order chi connectivity index (χ0) is 17.0. The molecule has 2 rings (SSSR count). The number of rotatable bonds is 5. The van der Waals surface area contributed by atoms with Gasteiger partial charge in [-0.3, -0.25) is 9.59 Å². The number of anilines is 1. The largest absolute Gasteiger partial charge is 0.325 e. The monoisotopic (exact) mass is 335 g/mol. The van der Waals surface area contributed by atoms with Crippen molar-refractivity contribution in [2.75, 3.05) is 11.1 Å². The molecule has 0 fully saturated rings. The van der Waals surface area contributed by atoms with Gasteiger partial charge in [-0.2, -0.15) is 0 Å². The topological polar surface area (TPSA) is 80.3 Å². The number of ketones is 1. The predicted octanol–water partition coefficient (Wildman–Crippen LogP) is 2.44. The van der Waals surface area contributed by atoms with Crippen molar-refractivity contribution in [3.05, 3.63) is 59.9 Å². The smallest absolute Gasteiger partial charge is 0.239 e. The molecular weight excluding hydrogens is 321 g/mol. The normalized spacial score (nSPS) is 11.0. The van der Waals surface area contributed by atoms with E-state index in [0.717, 1.165) is 24.3 Å². The van der Waals surface area contributed by atoms with E-state index in [1.807, 2.05) is 0 Å². The molecule has 0 aromatic heterocycles. The molecule has 0 atom stereocenters. The molecule has 2 aromatic rings. The van der Waals surface area contributed by atoms with Crippen LogP contribution in [0.25, 0.3) is 0 Å². The van der Waals surface area contributed by atoms with Crippen LogP contribution in [0.2, 0.25) is 0 Å². The molecule has 23 heavy (non-hydrogen) atoms. The average molecular weight is 335 g/mol. The summed E-state index contributed by atoms with van der Waals surface area (Å²) in [7, 11) is -3.87. The van der Waals surface area contributed by atoms with Crippen LogP contribution < -0.4 is 5.32 Å². The maximum atomic E-state index is 12.8. The summed E-state index contributed by atoms with van der Waals surface area (Å²) in [6.07, 6.45) is 0. The molecule has 0 spiro atoms. The van der Waals surface area contributed by atoms with Gasteiger partial charge < -0.3 is 5.32 Å². The number of carbonyl (C=O) groups excluding carboxylic acids is 2. The fraction of sp³-hybridized carbons (Fsp3) is 0.125. The van der Waals surface area contributed by atoms with E-state index < -0.39 is 27.3 Å². The van der Waals surface area contributed by atoms with E-state index in [4.69, 9.17) is 0 Å². The molecule has 2 aromatic carbocycles. The van der Waals surface area contributed by atoms with Gasteiger partial charge in [0, 0.05) is 11.3 Å². The SMILES string of the molecule is CC(=O)c1cccc(NC(=O)CS(=O)(=O)c2ccc(F)cc2)c1. The Hall–Kier alpha value is -2.54. The number of carbonyl (C=O) groups is 2. The molecule has 1 N–H and O–H groups in total. The number of nitrogens with one attached hydrogen (secondary N) is 1. The number of hydrogen-bond acceptors (Lipinski definition) is 4. The fourth-order valence-electron chi connectivity index (χ4n) is 1.91. The Kier molecular flexibility index (Phi) is 4.90. The van der Waals surface area contributed by atoms with E-state index in [0.29, 0.717) is 11.3 Å². The summed E-state index contributed by atoms with van der Waals surface area (Å²) >= 11 is 0. The van der Waals surface area contributed by atoms with Gasteiger partial charge in [0.1, 0.15) is 11.6 Å². The second kappa shape index (κ2) is 6.70. The minimum Gasteiger partial charge on any atom is -0.325 e. The Morgan fingerprint density at radius 3 is 2.35 bits per heavy atom. The van der Waals surface area contributed by atoms with Crippen LogP contribution >= 0.6 is 0 Å². The zero-order valence-electron chi connectivity index (χ0n) is 12.2. The first-order chi connectivity index (χ1) is 10.8. The molecule has 1 amide bonds. The summed E-state index contributed by atoms with van der Waals surface area (Å²) < 4.78 is 37.0. The van der Waals surface area contributed by atoms with Gasteiger partial charge in [0.2, 0.25) is 5.91 Å². The second-order valence-corrected chi connectivity index (χ2v) is 6.89. The number of benzene rings is 2. The number of amides is 1. The van der Waals surface area contributed by atoms with Gasteiger partial charge in [-0.1, -0.05) is 12.1 Å². The Morgan fingerprint density at radius 2 is 1.74 bits per heavy atom. The molecular formula is C16H14FNO4S. The van der Waals surface area contributed by atoms with Crippen LogP contribution in [0.4, 0.5) is 10.1 Å². The summed E-state index contributed by atoms with van der Waals surface area (Å²) in [5.41, 5.74) is 0.737. The number of sulfone groups is 1. The van der Waals surface area contributed by atoms with Gasteiger partial charge >= 0.3 is 0 Å². The lowest BCUT2D eigenvalue weighted by Gasteiger charge is -2.07. The number of Topliss-reactive ketones (excluding diaryl/α,β-unsaturated/α-hetero) is 1. The van der Waals surface area contributed by atoms with Crippen LogP contribution in [0.5, 0.6) is 0 Å². The van der Waals surface area contributed by atoms with Gasteiger partial charge in [0.15, 0.2) is 15.6 Å². The van der Waals surface area contributed by atoms with E-state index in [1.54, 1.807) is 18.2 Å². The molecule has 0 saturated heterocycles. The lowest BCUT2D eigenvalue weighted by atomic mass is 10.1. The molecule has 0 unspecified atom stereocenters. The highest BCUT2D eigenvalue weighted by Crippen LogP contribution is 2.14. The van der Waals surface area contributed by atoms with E-state index in [-0.39, 0.29) is 10.7 Å². The Balaban J connectivity index is 2.11. The molecule has 0 radical (unpaired) electrons. The number of halogens is 1. The number of hydrogen-bond donors (Lipinski definition) is 1. The highest BCUT2D eigenvalue weighted by molar-refractivity contribution is 7.92.